The lowest BCUT2D eigenvalue weighted by Gasteiger charge is -2.00. The molecule has 0 radical (unpaired) electrons. The highest BCUT2D eigenvalue weighted by molar-refractivity contribution is 9.11. The SMILES string of the molecule is CC(C)O/C=C\Br. The molecule has 0 aromatic rings. The first-order valence-corrected chi connectivity index (χ1v) is 3.09. The number of ether oxygens (including phenoxy) is 1. The highest BCUT2D eigenvalue weighted by Crippen LogP contribution is 1.90. The van der Waals surface area contributed by atoms with Crippen molar-refractivity contribution in [1.82, 2.24) is 0 Å². The van der Waals surface area contributed by atoms with Crippen molar-refractivity contribution in [2.24, 2.45) is 0 Å². The molecule has 0 aromatic heterocycles. The van der Waals surface area contributed by atoms with E-state index in [-0.39, 0.29) is 6.10 Å². The van der Waals surface area contributed by atoms with Crippen LogP contribution in [-0.2, 0) is 4.74 Å². The van der Waals surface area contributed by atoms with Crippen molar-refractivity contribution in [1.29, 1.82) is 0 Å². The highest BCUT2D eigenvalue weighted by Gasteiger charge is 1.82. The average Bonchev–Trinajstić information content (AvgIpc) is 1.61. The molecular formula is C5H9BrO. The summed E-state index contributed by atoms with van der Waals surface area (Å²) >= 11 is 3.07. The Kier molecular flexibility index (Phi) is 4.20. The lowest BCUT2D eigenvalue weighted by molar-refractivity contribution is 0.180. The molecule has 0 bridgehead atoms. The Hall–Kier alpha value is 0.0200. The van der Waals surface area contributed by atoms with Gasteiger partial charge in [-0.05, 0) is 13.8 Å². The van der Waals surface area contributed by atoms with Crippen LogP contribution in [0.4, 0.5) is 0 Å². The monoisotopic (exact) mass is 164 g/mol. The second kappa shape index (κ2) is 4.19. The van der Waals surface area contributed by atoms with Gasteiger partial charge in [0.15, 0.2) is 0 Å². The zero-order valence-electron chi connectivity index (χ0n) is 4.52. The van der Waals surface area contributed by atoms with E-state index in [0.29, 0.717) is 0 Å². The van der Waals surface area contributed by atoms with E-state index in [1.54, 1.807) is 11.2 Å². The summed E-state index contributed by atoms with van der Waals surface area (Å²) in [7, 11) is 0. The molecule has 0 saturated carbocycles. The summed E-state index contributed by atoms with van der Waals surface area (Å²) in [5.41, 5.74) is 0. The van der Waals surface area contributed by atoms with Gasteiger partial charge in [0, 0.05) is 4.99 Å². The first kappa shape index (κ1) is 7.02. The molecule has 0 aromatic carbocycles. The van der Waals surface area contributed by atoms with Gasteiger partial charge in [0.1, 0.15) is 0 Å². The average molecular weight is 165 g/mol. The topological polar surface area (TPSA) is 9.23 Å². The lowest BCUT2D eigenvalue weighted by atomic mass is 10.5. The highest BCUT2D eigenvalue weighted by atomic mass is 79.9. The molecule has 0 heterocycles. The molecule has 0 aliphatic heterocycles. The summed E-state index contributed by atoms with van der Waals surface area (Å²) < 4.78 is 4.96. The predicted octanol–water partition coefficient (Wildman–Crippen LogP) is 2.28. The van der Waals surface area contributed by atoms with Crippen LogP contribution in [0.3, 0.4) is 0 Å². The molecule has 0 aliphatic carbocycles. The summed E-state index contributed by atoms with van der Waals surface area (Å²) in [5, 5.41) is 0. The van der Waals surface area contributed by atoms with E-state index >= 15 is 0 Å². The van der Waals surface area contributed by atoms with Crippen molar-refractivity contribution >= 4 is 15.9 Å². The minimum absolute atomic E-state index is 0.286. The predicted molar refractivity (Wildman–Crippen MR) is 34.3 cm³/mol. The third-order valence-electron chi connectivity index (χ3n) is 0.402. The van der Waals surface area contributed by atoms with Crippen LogP contribution in [0.2, 0.25) is 0 Å². The van der Waals surface area contributed by atoms with Crippen LogP contribution in [0.5, 0.6) is 0 Å². The normalized spacial score (nSPS) is 10.9. The van der Waals surface area contributed by atoms with Gasteiger partial charge < -0.3 is 4.74 Å². The maximum Gasteiger partial charge on any atom is 0.0922 e. The zero-order valence-corrected chi connectivity index (χ0v) is 6.10. The zero-order chi connectivity index (χ0) is 5.70. The molecule has 0 N–H and O–H groups in total. The third kappa shape index (κ3) is 6.02. The fourth-order valence-electron chi connectivity index (χ4n) is 0.187. The quantitative estimate of drug-likeness (QED) is 0.570. The molecule has 0 amide bonds. The van der Waals surface area contributed by atoms with Gasteiger partial charge in [-0.1, -0.05) is 15.9 Å². The van der Waals surface area contributed by atoms with Crippen LogP contribution in [0.25, 0.3) is 0 Å². The summed E-state index contributed by atoms with van der Waals surface area (Å²) in [6.07, 6.45) is 1.90. The van der Waals surface area contributed by atoms with Gasteiger partial charge in [-0.3, -0.25) is 0 Å². The van der Waals surface area contributed by atoms with Gasteiger partial charge in [0.2, 0.25) is 0 Å². The van der Waals surface area contributed by atoms with Gasteiger partial charge in [0.05, 0.1) is 12.4 Å². The van der Waals surface area contributed by atoms with Crippen molar-refractivity contribution in [3.8, 4) is 0 Å². The fourth-order valence-corrected chi connectivity index (χ4v) is 0.311. The Morgan fingerprint density at radius 3 is 2.29 bits per heavy atom. The maximum atomic E-state index is 4.96. The Balaban J connectivity index is 2.97. The second-order valence-corrected chi connectivity index (χ2v) is 1.98. The van der Waals surface area contributed by atoms with Crippen LogP contribution in [0.15, 0.2) is 11.2 Å². The van der Waals surface area contributed by atoms with E-state index in [2.05, 4.69) is 15.9 Å². The third-order valence-corrected chi connectivity index (χ3v) is 0.618. The standard InChI is InChI=1S/C5H9BrO/c1-5(2)7-4-3-6/h3-5H,1-2H3/b4-3-. The van der Waals surface area contributed by atoms with Crippen molar-refractivity contribution in [3.63, 3.8) is 0 Å². The number of rotatable bonds is 2. The molecular weight excluding hydrogens is 156 g/mol. The van der Waals surface area contributed by atoms with Crippen LogP contribution >= 0.6 is 15.9 Å². The van der Waals surface area contributed by atoms with Crippen LogP contribution < -0.4 is 0 Å². The van der Waals surface area contributed by atoms with Gasteiger partial charge in [-0.2, -0.15) is 0 Å². The largest absolute Gasteiger partial charge is 0.498 e. The minimum Gasteiger partial charge on any atom is -0.498 e. The number of hydrogen-bond acceptors (Lipinski definition) is 1. The van der Waals surface area contributed by atoms with Gasteiger partial charge in [0.25, 0.3) is 0 Å². The van der Waals surface area contributed by atoms with Crippen LogP contribution in [0.1, 0.15) is 13.8 Å². The van der Waals surface area contributed by atoms with E-state index in [1.807, 2.05) is 13.8 Å². The maximum absolute atomic E-state index is 4.96. The molecule has 0 unspecified atom stereocenters. The summed E-state index contributed by atoms with van der Waals surface area (Å²) in [6.45, 7) is 3.96. The van der Waals surface area contributed by atoms with E-state index in [1.165, 1.54) is 0 Å². The molecule has 0 atom stereocenters. The van der Waals surface area contributed by atoms with E-state index in [4.69, 9.17) is 4.74 Å². The summed E-state index contributed by atoms with van der Waals surface area (Å²) in [6, 6.07) is 0. The van der Waals surface area contributed by atoms with E-state index in [9.17, 15) is 0 Å². The minimum atomic E-state index is 0.286. The molecule has 0 rings (SSSR count). The fraction of sp³-hybridized carbons (Fsp3) is 0.600. The smallest absolute Gasteiger partial charge is 0.0922 e. The van der Waals surface area contributed by atoms with Gasteiger partial charge >= 0.3 is 0 Å². The second-order valence-electron chi connectivity index (χ2n) is 1.45. The van der Waals surface area contributed by atoms with Gasteiger partial charge in [-0.15, -0.1) is 0 Å². The first-order chi connectivity index (χ1) is 3.27. The van der Waals surface area contributed by atoms with Crippen molar-refractivity contribution < 1.29 is 4.74 Å². The number of hydrogen-bond donors (Lipinski definition) is 0. The van der Waals surface area contributed by atoms with Crippen molar-refractivity contribution in [2.75, 3.05) is 0 Å². The van der Waals surface area contributed by atoms with E-state index < -0.39 is 0 Å². The molecule has 0 aliphatic rings. The van der Waals surface area contributed by atoms with E-state index in [0.717, 1.165) is 0 Å². The van der Waals surface area contributed by atoms with Gasteiger partial charge in [-0.25, -0.2) is 0 Å². The molecule has 42 valence electrons. The summed E-state index contributed by atoms with van der Waals surface area (Å²) in [5.74, 6) is 0. The molecule has 7 heavy (non-hydrogen) atoms. The molecule has 2 heteroatoms. The Morgan fingerprint density at radius 1 is 1.57 bits per heavy atom. The Morgan fingerprint density at radius 2 is 2.14 bits per heavy atom. The lowest BCUT2D eigenvalue weighted by Crippen LogP contribution is -1.93. The Labute approximate surface area is 52.5 Å². The molecule has 0 spiro atoms. The van der Waals surface area contributed by atoms with Crippen LogP contribution in [0, 0.1) is 0 Å². The Bertz CT molecular complexity index is 59.1. The van der Waals surface area contributed by atoms with Crippen LogP contribution in [-0.4, -0.2) is 6.10 Å². The van der Waals surface area contributed by atoms with Crippen molar-refractivity contribution in [3.05, 3.63) is 11.2 Å². The van der Waals surface area contributed by atoms with Crippen molar-refractivity contribution in [2.45, 2.75) is 20.0 Å². The summed E-state index contributed by atoms with van der Waals surface area (Å²) in [4.78, 5) is 1.69. The molecule has 0 fully saturated rings. The first-order valence-electron chi connectivity index (χ1n) is 2.18. The molecule has 0 saturated heterocycles. The number of halogens is 1. The molecule has 1 nitrogen and oxygen atoms in total.